The number of carbonyl (C=O) groups is 5. The summed E-state index contributed by atoms with van der Waals surface area (Å²) in [5, 5.41) is 34.6. The summed E-state index contributed by atoms with van der Waals surface area (Å²) >= 11 is 0. The SMILES string of the molecule is NCCC[C@H](N)CNC(=O)C[C@@H](N)CCCNC(=O)[C@H](CCCN)NC(=O)[C@@H]1Cc2cccc(c2)-c2ccc(O)c(c2)CC(N)C(=O)N[C@@H](C[C@@H](O)CN)C(=O)N1. The van der Waals surface area contributed by atoms with Crippen molar-refractivity contribution in [3.63, 3.8) is 0 Å². The van der Waals surface area contributed by atoms with Crippen molar-refractivity contribution in [3.05, 3.63) is 53.6 Å². The van der Waals surface area contributed by atoms with Crippen LogP contribution in [-0.4, -0.2) is 115 Å². The number of aliphatic hydroxyl groups is 1. The maximum atomic E-state index is 14.1. The van der Waals surface area contributed by atoms with E-state index in [2.05, 4.69) is 26.6 Å². The maximum absolute atomic E-state index is 14.1. The van der Waals surface area contributed by atoms with E-state index in [4.69, 9.17) is 34.4 Å². The topological polar surface area (TPSA) is 342 Å². The van der Waals surface area contributed by atoms with Gasteiger partial charge in [-0.05, 0) is 86.0 Å². The summed E-state index contributed by atoms with van der Waals surface area (Å²) in [6, 6.07) is 6.83. The molecule has 1 aliphatic heterocycles. The van der Waals surface area contributed by atoms with Crippen LogP contribution in [0, 0.1) is 0 Å². The van der Waals surface area contributed by atoms with Gasteiger partial charge in [0.25, 0.3) is 0 Å². The molecule has 1 heterocycles. The van der Waals surface area contributed by atoms with E-state index in [-0.39, 0.29) is 69.4 Å². The molecule has 0 radical (unpaired) electrons. The molecule has 2 aromatic carbocycles. The molecule has 5 amide bonds. The Balaban J connectivity index is 1.77. The molecule has 0 spiro atoms. The van der Waals surface area contributed by atoms with Gasteiger partial charge in [-0.2, -0.15) is 0 Å². The molecule has 7 atom stereocenters. The Morgan fingerprint density at radius 2 is 1.54 bits per heavy atom. The van der Waals surface area contributed by atoms with Crippen LogP contribution in [0.2, 0.25) is 0 Å². The van der Waals surface area contributed by atoms with Gasteiger partial charge in [0.2, 0.25) is 29.5 Å². The number of rotatable bonds is 20. The number of aliphatic hydroxyl groups excluding tert-OH is 1. The van der Waals surface area contributed by atoms with E-state index in [1.165, 1.54) is 6.07 Å². The van der Waals surface area contributed by atoms with Crippen LogP contribution in [0.15, 0.2) is 42.5 Å². The average molecular weight is 798 g/mol. The molecule has 0 aliphatic carbocycles. The van der Waals surface area contributed by atoms with E-state index in [1.807, 2.05) is 12.1 Å². The molecule has 1 unspecified atom stereocenters. The zero-order valence-corrected chi connectivity index (χ0v) is 32.6. The highest BCUT2D eigenvalue weighted by atomic mass is 16.3. The van der Waals surface area contributed by atoms with Crippen molar-refractivity contribution in [1.29, 1.82) is 0 Å². The van der Waals surface area contributed by atoms with Crippen LogP contribution in [0.5, 0.6) is 5.75 Å². The fraction of sp³-hybridized carbons (Fsp3) is 0.564. The number of hydrogen-bond acceptors (Lipinski definition) is 13. The maximum Gasteiger partial charge on any atom is 0.243 e. The van der Waals surface area contributed by atoms with Crippen molar-refractivity contribution >= 4 is 29.5 Å². The molecule has 2 aromatic rings. The number of nitrogens with two attached hydrogens (primary N) is 6. The second kappa shape index (κ2) is 24.2. The van der Waals surface area contributed by atoms with Gasteiger partial charge in [0.15, 0.2) is 0 Å². The van der Waals surface area contributed by atoms with E-state index in [0.717, 1.165) is 17.5 Å². The zero-order valence-electron chi connectivity index (χ0n) is 32.6. The molecular weight excluding hydrogens is 734 g/mol. The third-order valence-electron chi connectivity index (χ3n) is 9.77. The lowest BCUT2D eigenvalue weighted by Gasteiger charge is -2.27. The summed E-state index contributed by atoms with van der Waals surface area (Å²) in [4.78, 5) is 66.9. The molecule has 0 saturated carbocycles. The second-order valence-electron chi connectivity index (χ2n) is 14.7. The molecule has 18 heteroatoms. The van der Waals surface area contributed by atoms with Gasteiger partial charge >= 0.3 is 0 Å². The lowest BCUT2D eigenvalue weighted by Crippen LogP contribution is -2.59. The summed E-state index contributed by atoms with van der Waals surface area (Å²) in [5.74, 6) is -2.90. The van der Waals surface area contributed by atoms with Gasteiger partial charge in [0.1, 0.15) is 23.9 Å². The molecule has 19 N–H and O–H groups in total. The van der Waals surface area contributed by atoms with Gasteiger partial charge in [-0.3, -0.25) is 24.0 Å². The Morgan fingerprint density at radius 1 is 0.842 bits per heavy atom. The number of hydrogen-bond donors (Lipinski definition) is 13. The number of benzene rings is 2. The molecule has 18 nitrogen and oxygen atoms in total. The fourth-order valence-corrected chi connectivity index (χ4v) is 6.43. The average Bonchev–Trinajstić information content (AvgIpc) is 3.19. The number of phenols is 1. The molecule has 1 aliphatic rings. The van der Waals surface area contributed by atoms with Crippen LogP contribution in [0.3, 0.4) is 0 Å². The lowest BCUT2D eigenvalue weighted by atomic mass is 9.96. The van der Waals surface area contributed by atoms with E-state index in [0.29, 0.717) is 49.9 Å². The summed E-state index contributed by atoms with van der Waals surface area (Å²) in [6.45, 7) is 1.15. The van der Waals surface area contributed by atoms with E-state index in [1.54, 1.807) is 24.3 Å². The van der Waals surface area contributed by atoms with Crippen molar-refractivity contribution < 1.29 is 34.2 Å². The minimum absolute atomic E-state index is 0.00763. The van der Waals surface area contributed by atoms with Gasteiger partial charge in [0.05, 0.1) is 12.1 Å². The lowest BCUT2D eigenvalue weighted by molar-refractivity contribution is -0.134. The fourth-order valence-electron chi connectivity index (χ4n) is 6.43. The van der Waals surface area contributed by atoms with Gasteiger partial charge in [-0.25, -0.2) is 0 Å². The minimum atomic E-state index is -1.33. The number of amides is 5. The predicted molar refractivity (Wildman–Crippen MR) is 217 cm³/mol. The minimum Gasteiger partial charge on any atom is -0.508 e. The number of aromatic hydroxyl groups is 1. The van der Waals surface area contributed by atoms with Gasteiger partial charge < -0.3 is 71.2 Å². The highest BCUT2D eigenvalue weighted by Gasteiger charge is 2.32. The van der Waals surface area contributed by atoms with Crippen molar-refractivity contribution in [2.75, 3.05) is 32.7 Å². The highest BCUT2D eigenvalue weighted by Crippen LogP contribution is 2.28. The first-order valence-corrected chi connectivity index (χ1v) is 19.7. The van der Waals surface area contributed by atoms with E-state index < -0.39 is 59.9 Å². The first kappa shape index (κ1) is 46.7. The Bertz CT molecular complexity index is 1630. The Labute approximate surface area is 334 Å². The molecule has 0 aromatic heterocycles. The standard InChI is InChI=1S/C39H63N11O7/c40-12-2-7-28(44)22-47-35(53)19-27(43)8-4-14-46-37(55)31(9-3-13-41)48-38(56)32-16-23-5-1-6-24(15-23)25-10-11-34(52)26(17-25)18-30(45)36(54)49-33(39(57)50-32)20-29(51)21-42/h1,5-6,10-11,15,17,27-33,51-52H,2-4,7-9,12-14,16,18-22,40-45H2,(H,46,55)(H,47,53)(H,48,56)(H,49,54)(H,50,57)/t27-,28-,29+,30?,31-,32-,33-/m0/s1. The normalized spacial score (nSPS) is 19.4. The number of nitrogens with one attached hydrogen (secondary N) is 5. The summed E-state index contributed by atoms with van der Waals surface area (Å²) in [6.07, 6.45) is 1.61. The van der Waals surface area contributed by atoms with E-state index in [9.17, 15) is 34.2 Å². The molecule has 0 saturated heterocycles. The van der Waals surface area contributed by atoms with Crippen LogP contribution in [-0.2, 0) is 36.8 Å². The summed E-state index contributed by atoms with van der Waals surface area (Å²) < 4.78 is 0. The van der Waals surface area contributed by atoms with Crippen molar-refractivity contribution in [2.24, 2.45) is 34.4 Å². The first-order valence-electron chi connectivity index (χ1n) is 19.7. The quantitative estimate of drug-likeness (QED) is 0.0603. The number of carbonyl (C=O) groups excluding carboxylic acids is 5. The van der Waals surface area contributed by atoms with Gasteiger partial charge in [-0.15, -0.1) is 0 Å². The smallest absolute Gasteiger partial charge is 0.243 e. The number of phenolic OH excluding ortho intramolecular Hbond substituents is 1. The van der Waals surface area contributed by atoms with Crippen LogP contribution in [0.1, 0.15) is 62.5 Å². The largest absolute Gasteiger partial charge is 0.508 e. The van der Waals surface area contributed by atoms with Crippen molar-refractivity contribution in [3.8, 4) is 16.9 Å². The molecule has 316 valence electrons. The molecular formula is C39H63N11O7. The van der Waals surface area contributed by atoms with E-state index >= 15 is 0 Å². The Hall–Kier alpha value is -4.69. The van der Waals surface area contributed by atoms with Crippen LogP contribution < -0.4 is 61.0 Å². The Kier molecular flexibility index (Phi) is 19.8. The highest BCUT2D eigenvalue weighted by molar-refractivity contribution is 5.95. The molecule has 57 heavy (non-hydrogen) atoms. The number of fused-ring (bicyclic) bond motifs is 5. The summed E-state index contributed by atoms with van der Waals surface area (Å²) in [5.41, 5.74) is 37.8. The van der Waals surface area contributed by atoms with Crippen LogP contribution in [0.4, 0.5) is 0 Å². The predicted octanol–water partition coefficient (Wildman–Crippen LogP) is -2.82. The first-order chi connectivity index (χ1) is 27.2. The molecule has 3 rings (SSSR count). The monoisotopic (exact) mass is 797 g/mol. The zero-order chi connectivity index (χ0) is 41.9. The molecule has 4 bridgehead atoms. The van der Waals surface area contributed by atoms with Gasteiger partial charge in [0, 0.05) is 57.4 Å². The third-order valence-corrected chi connectivity index (χ3v) is 9.77. The van der Waals surface area contributed by atoms with Crippen molar-refractivity contribution in [2.45, 2.75) is 107 Å². The second-order valence-corrected chi connectivity index (χ2v) is 14.7. The molecule has 0 fully saturated rings. The van der Waals surface area contributed by atoms with Crippen LogP contribution >= 0.6 is 0 Å². The Morgan fingerprint density at radius 3 is 2.26 bits per heavy atom. The van der Waals surface area contributed by atoms with Crippen LogP contribution in [0.25, 0.3) is 11.1 Å². The summed E-state index contributed by atoms with van der Waals surface area (Å²) in [7, 11) is 0. The van der Waals surface area contributed by atoms with Crippen molar-refractivity contribution in [1.82, 2.24) is 26.6 Å². The van der Waals surface area contributed by atoms with Gasteiger partial charge in [-0.1, -0.05) is 30.3 Å². The third kappa shape index (κ3) is 16.0.